The molecule has 0 spiro atoms. The summed E-state index contributed by atoms with van der Waals surface area (Å²) >= 11 is 6.39. The lowest BCUT2D eigenvalue weighted by Gasteiger charge is -2.34. The lowest BCUT2D eigenvalue weighted by molar-refractivity contribution is 0.464. The van der Waals surface area contributed by atoms with Gasteiger partial charge in [0.25, 0.3) is 0 Å². The SMILES string of the molecule is Cc1nc(N2CC3CCC(C2)N3)c2cnc(-c3cc(O)cc(Cl)c3C(C)C)c(F)c2n1. The highest BCUT2D eigenvalue weighted by molar-refractivity contribution is 6.32. The Labute approximate surface area is 185 Å². The molecule has 8 heteroatoms. The van der Waals surface area contributed by atoms with Gasteiger partial charge in [0.1, 0.15) is 28.6 Å². The van der Waals surface area contributed by atoms with Crippen LogP contribution in [0.3, 0.4) is 0 Å². The van der Waals surface area contributed by atoms with Crippen LogP contribution in [0.2, 0.25) is 5.02 Å². The fourth-order valence-electron chi connectivity index (χ4n) is 4.94. The number of benzene rings is 1. The van der Waals surface area contributed by atoms with Crippen molar-refractivity contribution in [1.82, 2.24) is 20.3 Å². The van der Waals surface area contributed by atoms with E-state index in [1.54, 1.807) is 13.1 Å². The number of phenolic OH excluding ortho intramolecular Hbond substituents is 1. The van der Waals surface area contributed by atoms with E-state index in [9.17, 15) is 5.11 Å². The van der Waals surface area contributed by atoms with E-state index in [0.717, 1.165) is 37.3 Å². The molecule has 3 aromatic rings. The smallest absolute Gasteiger partial charge is 0.175 e. The lowest BCUT2D eigenvalue weighted by atomic mass is 9.94. The molecular weight excluding hydrogens is 417 g/mol. The number of nitrogens with one attached hydrogen (secondary N) is 1. The van der Waals surface area contributed by atoms with Gasteiger partial charge in [-0.25, -0.2) is 14.4 Å². The van der Waals surface area contributed by atoms with Gasteiger partial charge in [-0.1, -0.05) is 25.4 Å². The number of halogens is 2. The monoisotopic (exact) mass is 441 g/mol. The van der Waals surface area contributed by atoms with Crippen LogP contribution in [0, 0.1) is 12.7 Å². The molecule has 162 valence electrons. The number of aromatic nitrogens is 3. The second-order valence-corrected chi connectivity index (χ2v) is 9.27. The Morgan fingerprint density at radius 3 is 2.58 bits per heavy atom. The summed E-state index contributed by atoms with van der Waals surface area (Å²) in [5, 5.41) is 14.7. The number of phenols is 1. The van der Waals surface area contributed by atoms with E-state index >= 15 is 4.39 Å². The van der Waals surface area contributed by atoms with Gasteiger partial charge in [-0.05, 0) is 43.4 Å². The molecule has 2 aliphatic rings. The number of nitrogens with zero attached hydrogens (tertiary/aromatic N) is 4. The molecule has 6 nitrogen and oxygen atoms in total. The van der Waals surface area contributed by atoms with Gasteiger partial charge < -0.3 is 15.3 Å². The zero-order valence-corrected chi connectivity index (χ0v) is 18.5. The van der Waals surface area contributed by atoms with Crippen LogP contribution in [-0.2, 0) is 0 Å². The third-order valence-electron chi connectivity index (χ3n) is 6.24. The van der Waals surface area contributed by atoms with Gasteiger partial charge in [0.2, 0.25) is 0 Å². The van der Waals surface area contributed by atoms with Crippen LogP contribution in [0.5, 0.6) is 5.75 Å². The Morgan fingerprint density at radius 1 is 1.19 bits per heavy atom. The minimum Gasteiger partial charge on any atom is -0.508 e. The van der Waals surface area contributed by atoms with Gasteiger partial charge in [0.15, 0.2) is 5.82 Å². The quantitative estimate of drug-likeness (QED) is 0.620. The number of aromatic hydroxyl groups is 1. The van der Waals surface area contributed by atoms with Crippen molar-refractivity contribution in [2.45, 2.75) is 51.6 Å². The highest BCUT2D eigenvalue weighted by atomic mass is 35.5. The van der Waals surface area contributed by atoms with Gasteiger partial charge in [-0.15, -0.1) is 0 Å². The first kappa shape index (κ1) is 20.4. The van der Waals surface area contributed by atoms with Crippen LogP contribution >= 0.6 is 11.6 Å². The maximum absolute atomic E-state index is 15.8. The van der Waals surface area contributed by atoms with Crippen LogP contribution in [-0.4, -0.2) is 45.2 Å². The van der Waals surface area contributed by atoms with Crippen LogP contribution in [0.15, 0.2) is 18.3 Å². The molecule has 2 N–H and O–H groups in total. The number of hydrogen-bond acceptors (Lipinski definition) is 6. The molecule has 0 saturated carbocycles. The average molecular weight is 442 g/mol. The van der Waals surface area contributed by atoms with E-state index in [-0.39, 0.29) is 22.9 Å². The van der Waals surface area contributed by atoms with Crippen molar-refractivity contribution in [3.63, 3.8) is 0 Å². The molecule has 0 amide bonds. The Hall–Kier alpha value is -2.51. The highest BCUT2D eigenvalue weighted by Crippen LogP contribution is 2.40. The fourth-order valence-corrected chi connectivity index (χ4v) is 5.37. The summed E-state index contributed by atoms with van der Waals surface area (Å²) in [4.78, 5) is 15.8. The van der Waals surface area contributed by atoms with Crippen molar-refractivity contribution < 1.29 is 9.50 Å². The predicted molar refractivity (Wildman–Crippen MR) is 120 cm³/mol. The number of piperazine rings is 1. The fraction of sp³-hybridized carbons (Fsp3) is 0.435. The van der Waals surface area contributed by atoms with E-state index in [4.69, 9.17) is 11.6 Å². The molecular formula is C23H25ClFN5O. The first-order valence-electron chi connectivity index (χ1n) is 10.7. The molecule has 0 aliphatic carbocycles. The predicted octanol–water partition coefficient (Wildman–Crippen LogP) is 4.56. The lowest BCUT2D eigenvalue weighted by Crippen LogP contribution is -2.51. The average Bonchev–Trinajstić information content (AvgIpc) is 3.04. The van der Waals surface area contributed by atoms with Crippen molar-refractivity contribution >= 4 is 28.3 Å². The standard InChI is InChI=1S/C23H25ClFN5O/c1-11(2)19-16(6-15(31)7-18(19)24)21-20(25)22-17(8-26-21)23(28-12(3)27-22)30-9-13-4-5-14(10-30)29-13/h6-8,11,13-14,29,31H,4-5,9-10H2,1-3H3. The second-order valence-electron chi connectivity index (χ2n) is 8.86. The van der Waals surface area contributed by atoms with Crippen molar-refractivity contribution in [1.29, 1.82) is 0 Å². The third kappa shape index (κ3) is 3.49. The molecule has 2 saturated heterocycles. The summed E-state index contributed by atoms with van der Waals surface area (Å²) in [5.41, 5.74) is 1.61. The van der Waals surface area contributed by atoms with E-state index in [2.05, 4.69) is 25.2 Å². The summed E-state index contributed by atoms with van der Waals surface area (Å²) in [6, 6.07) is 3.86. The molecule has 5 rings (SSSR count). The van der Waals surface area contributed by atoms with Crippen molar-refractivity contribution in [3.8, 4) is 17.0 Å². The molecule has 31 heavy (non-hydrogen) atoms. The molecule has 2 aliphatic heterocycles. The largest absolute Gasteiger partial charge is 0.508 e. The van der Waals surface area contributed by atoms with Crippen molar-refractivity contribution in [3.05, 3.63) is 40.6 Å². The second kappa shape index (κ2) is 7.57. The van der Waals surface area contributed by atoms with Gasteiger partial charge in [-0.3, -0.25) is 4.98 Å². The minimum atomic E-state index is -0.522. The molecule has 2 atom stereocenters. The first-order valence-corrected chi connectivity index (χ1v) is 11.1. The number of aryl methyl sites for hydroxylation is 1. The normalized spacial score (nSPS) is 20.8. The van der Waals surface area contributed by atoms with E-state index < -0.39 is 5.82 Å². The Kier molecular flexibility index (Phi) is 4.98. The highest BCUT2D eigenvalue weighted by Gasteiger charge is 2.34. The number of fused-ring (bicyclic) bond motifs is 3. The molecule has 4 heterocycles. The van der Waals surface area contributed by atoms with E-state index in [1.165, 1.54) is 12.1 Å². The zero-order chi connectivity index (χ0) is 21.9. The first-order chi connectivity index (χ1) is 14.8. The maximum Gasteiger partial charge on any atom is 0.175 e. The van der Waals surface area contributed by atoms with Crippen LogP contribution in [0.1, 0.15) is 44.0 Å². The Balaban J connectivity index is 1.68. The molecule has 1 aromatic carbocycles. The van der Waals surface area contributed by atoms with Gasteiger partial charge in [0.05, 0.1) is 5.39 Å². The third-order valence-corrected chi connectivity index (χ3v) is 6.55. The van der Waals surface area contributed by atoms with Crippen LogP contribution in [0.4, 0.5) is 10.2 Å². The topological polar surface area (TPSA) is 74.2 Å². The summed E-state index contributed by atoms with van der Waals surface area (Å²) in [7, 11) is 0. The number of anilines is 1. The van der Waals surface area contributed by atoms with Gasteiger partial charge >= 0.3 is 0 Å². The summed E-state index contributed by atoms with van der Waals surface area (Å²) in [5.74, 6) is 0.728. The molecule has 2 aromatic heterocycles. The van der Waals surface area contributed by atoms with Crippen LogP contribution < -0.4 is 10.2 Å². The van der Waals surface area contributed by atoms with Gasteiger partial charge in [-0.2, -0.15) is 0 Å². The molecule has 2 bridgehead atoms. The zero-order valence-electron chi connectivity index (χ0n) is 17.8. The maximum atomic E-state index is 15.8. The van der Waals surface area contributed by atoms with Gasteiger partial charge in [0, 0.05) is 42.0 Å². The summed E-state index contributed by atoms with van der Waals surface area (Å²) in [6.45, 7) is 7.41. The van der Waals surface area contributed by atoms with Crippen molar-refractivity contribution in [2.24, 2.45) is 0 Å². The summed E-state index contributed by atoms with van der Waals surface area (Å²) < 4.78 is 15.8. The Bertz CT molecular complexity index is 1170. The van der Waals surface area contributed by atoms with Crippen molar-refractivity contribution in [2.75, 3.05) is 18.0 Å². The number of hydrogen-bond donors (Lipinski definition) is 2. The number of pyridine rings is 1. The molecule has 2 unspecified atom stereocenters. The summed E-state index contributed by atoms with van der Waals surface area (Å²) in [6.07, 6.45) is 3.95. The molecule has 2 fully saturated rings. The molecule has 0 radical (unpaired) electrons. The Morgan fingerprint density at radius 2 is 1.90 bits per heavy atom. The van der Waals surface area contributed by atoms with Crippen LogP contribution in [0.25, 0.3) is 22.2 Å². The van der Waals surface area contributed by atoms with E-state index in [1.807, 2.05) is 13.8 Å². The van der Waals surface area contributed by atoms with E-state index in [0.29, 0.717) is 33.9 Å². The number of rotatable bonds is 3. The minimum absolute atomic E-state index is 0.0263.